The first-order valence-corrected chi connectivity index (χ1v) is 16.0. The van der Waals surface area contributed by atoms with Crippen LogP contribution in [-0.2, 0) is 30.5 Å². The zero-order valence-corrected chi connectivity index (χ0v) is 26.4. The highest BCUT2D eigenvalue weighted by atomic mass is 16.6. The number of nitrogens with one attached hydrogen (secondary N) is 2. The fraction of sp³-hybridized carbons (Fsp3) is 0.543. The highest BCUT2D eigenvalue weighted by Crippen LogP contribution is 2.45. The maximum Gasteiger partial charge on any atom is 0.408 e. The molecule has 1 aliphatic heterocycles. The van der Waals surface area contributed by atoms with E-state index in [1.54, 1.807) is 20.8 Å². The van der Waals surface area contributed by atoms with Crippen molar-refractivity contribution >= 4 is 34.6 Å². The van der Waals surface area contributed by atoms with E-state index in [9.17, 15) is 24.3 Å². The molecule has 10 heteroatoms. The minimum absolute atomic E-state index is 0.114. The third-order valence-corrected chi connectivity index (χ3v) is 9.29. The van der Waals surface area contributed by atoms with Gasteiger partial charge in [-0.2, -0.15) is 0 Å². The number of likely N-dealkylation sites (tertiary alicyclic amines) is 1. The first-order chi connectivity index (χ1) is 21.4. The summed E-state index contributed by atoms with van der Waals surface area (Å²) in [6.07, 6.45) is 5.27. The van der Waals surface area contributed by atoms with Crippen LogP contribution in [0.1, 0.15) is 71.3 Å². The van der Waals surface area contributed by atoms with Crippen LogP contribution in [-0.4, -0.2) is 69.8 Å². The molecule has 3 aliphatic rings. The average molecular weight is 620 g/mol. The van der Waals surface area contributed by atoms with Gasteiger partial charge in [0.05, 0.1) is 12.7 Å². The van der Waals surface area contributed by atoms with Crippen molar-refractivity contribution in [1.29, 1.82) is 0 Å². The molecular weight excluding hydrogens is 574 g/mol. The molecule has 2 saturated carbocycles. The van der Waals surface area contributed by atoms with Crippen molar-refractivity contribution in [2.24, 2.45) is 11.8 Å². The van der Waals surface area contributed by atoms with Crippen LogP contribution in [0.2, 0.25) is 0 Å². The number of carboxylic acid groups (broad SMARTS) is 1. The molecule has 3 amide bonds. The fourth-order valence-electron chi connectivity index (χ4n) is 6.82. The Kier molecular flexibility index (Phi) is 9.53. The summed E-state index contributed by atoms with van der Waals surface area (Å²) in [7, 11) is 0. The lowest BCUT2D eigenvalue weighted by molar-refractivity contribution is -0.146. The van der Waals surface area contributed by atoms with Crippen LogP contribution in [0, 0.1) is 11.8 Å². The summed E-state index contributed by atoms with van der Waals surface area (Å²) >= 11 is 0. The van der Waals surface area contributed by atoms with Crippen molar-refractivity contribution in [1.82, 2.24) is 15.5 Å². The van der Waals surface area contributed by atoms with Gasteiger partial charge in [0.15, 0.2) is 0 Å². The number of benzene rings is 2. The van der Waals surface area contributed by atoms with Crippen LogP contribution in [0.3, 0.4) is 0 Å². The van der Waals surface area contributed by atoms with E-state index in [0.29, 0.717) is 0 Å². The topological polar surface area (TPSA) is 134 Å². The van der Waals surface area contributed by atoms with E-state index < -0.39 is 53.2 Å². The number of amides is 3. The number of carboxylic acids is 1. The number of hydrogen-bond donors (Lipinski definition) is 3. The number of aliphatic carboxylic acids is 1. The van der Waals surface area contributed by atoms with Gasteiger partial charge in [-0.3, -0.25) is 9.59 Å². The van der Waals surface area contributed by atoms with Crippen LogP contribution in [0.15, 0.2) is 55.1 Å². The lowest BCUT2D eigenvalue weighted by Gasteiger charge is -2.35. The molecule has 0 radical (unpaired) electrons. The number of rotatable bonds is 10. The van der Waals surface area contributed by atoms with Crippen LogP contribution in [0.5, 0.6) is 0 Å². The van der Waals surface area contributed by atoms with Crippen molar-refractivity contribution in [3.05, 3.63) is 60.7 Å². The van der Waals surface area contributed by atoms with Gasteiger partial charge >= 0.3 is 12.1 Å². The van der Waals surface area contributed by atoms with Gasteiger partial charge in [-0.1, -0.05) is 67.8 Å². The molecule has 5 unspecified atom stereocenters. The Morgan fingerprint density at radius 2 is 1.80 bits per heavy atom. The SMILES string of the molecule is C=CC1CC1(NC(=O)C1CC(OCc2cccc3ccccc23)CN1C(=O)C(NC(=O)OC(C)(C)C)C1CCCCC1)C(=O)O. The van der Waals surface area contributed by atoms with E-state index in [4.69, 9.17) is 9.47 Å². The van der Waals surface area contributed by atoms with Crippen LogP contribution in [0.4, 0.5) is 4.79 Å². The molecule has 2 aromatic rings. The molecule has 45 heavy (non-hydrogen) atoms. The molecule has 2 aromatic carbocycles. The van der Waals surface area contributed by atoms with Gasteiger partial charge in [-0.05, 0) is 62.3 Å². The smallest absolute Gasteiger partial charge is 0.408 e. The normalized spacial score (nSPS) is 25.8. The van der Waals surface area contributed by atoms with Crippen molar-refractivity contribution < 1.29 is 33.8 Å². The first kappa shape index (κ1) is 32.5. The van der Waals surface area contributed by atoms with Crippen molar-refractivity contribution in [2.45, 2.75) is 102 Å². The molecular formula is C35H45N3O7. The minimum Gasteiger partial charge on any atom is -0.479 e. The molecule has 2 aliphatic carbocycles. The summed E-state index contributed by atoms with van der Waals surface area (Å²) in [5.41, 5.74) is -1.20. The molecule has 1 heterocycles. The van der Waals surface area contributed by atoms with E-state index in [0.717, 1.165) is 48.4 Å². The number of nitrogens with zero attached hydrogens (tertiary/aromatic N) is 1. The third-order valence-electron chi connectivity index (χ3n) is 9.29. The number of ether oxygens (including phenoxy) is 2. The lowest BCUT2D eigenvalue weighted by atomic mass is 9.83. The second kappa shape index (κ2) is 13.2. The van der Waals surface area contributed by atoms with Gasteiger partial charge < -0.3 is 30.1 Å². The van der Waals surface area contributed by atoms with Gasteiger partial charge in [0.25, 0.3) is 0 Å². The van der Waals surface area contributed by atoms with Crippen molar-refractivity contribution in [3.63, 3.8) is 0 Å². The Labute approximate surface area is 264 Å². The molecule has 5 rings (SSSR count). The highest BCUT2D eigenvalue weighted by molar-refractivity contribution is 5.96. The summed E-state index contributed by atoms with van der Waals surface area (Å²) in [4.78, 5) is 54.8. The molecule has 0 spiro atoms. The maximum atomic E-state index is 14.4. The van der Waals surface area contributed by atoms with E-state index in [1.165, 1.54) is 11.0 Å². The number of carbonyl (C=O) groups excluding carboxylic acids is 3. The Bertz CT molecular complexity index is 1440. The number of carbonyl (C=O) groups is 4. The van der Waals surface area contributed by atoms with E-state index >= 15 is 0 Å². The molecule has 5 atom stereocenters. The maximum absolute atomic E-state index is 14.4. The zero-order chi connectivity index (χ0) is 32.4. The van der Waals surface area contributed by atoms with Crippen LogP contribution < -0.4 is 10.6 Å². The van der Waals surface area contributed by atoms with Crippen LogP contribution in [0.25, 0.3) is 10.8 Å². The predicted octanol–water partition coefficient (Wildman–Crippen LogP) is 4.95. The molecule has 0 aromatic heterocycles. The third kappa shape index (κ3) is 7.32. The van der Waals surface area contributed by atoms with Crippen molar-refractivity contribution in [3.8, 4) is 0 Å². The zero-order valence-electron chi connectivity index (χ0n) is 26.4. The van der Waals surface area contributed by atoms with Gasteiger partial charge in [-0.25, -0.2) is 9.59 Å². The van der Waals surface area contributed by atoms with Gasteiger partial charge in [0, 0.05) is 18.9 Å². The molecule has 1 saturated heterocycles. The summed E-state index contributed by atoms with van der Waals surface area (Å²) in [5, 5.41) is 17.7. The first-order valence-electron chi connectivity index (χ1n) is 16.0. The number of hydrogen-bond acceptors (Lipinski definition) is 6. The monoisotopic (exact) mass is 619 g/mol. The molecule has 10 nitrogen and oxygen atoms in total. The van der Waals surface area contributed by atoms with Gasteiger partial charge in [-0.15, -0.1) is 6.58 Å². The standard InChI is InChI=1S/C35H45N3O7/c1-5-25-19-35(25,32(41)42)37-30(39)28-18-26(44-21-24-16-11-15-22-12-9-10-17-27(22)24)20-38(28)31(40)29(23-13-7-6-8-14-23)36-33(43)45-34(2,3)4/h5,9-12,15-17,23,25-26,28-29H,1,6-8,13-14,18-21H2,2-4H3,(H,36,43)(H,37,39)(H,41,42). The predicted molar refractivity (Wildman–Crippen MR) is 169 cm³/mol. The van der Waals surface area contributed by atoms with Crippen molar-refractivity contribution in [2.75, 3.05) is 6.54 Å². The van der Waals surface area contributed by atoms with Gasteiger partial charge in [0.2, 0.25) is 11.8 Å². The van der Waals surface area contributed by atoms with E-state index in [1.807, 2.05) is 42.5 Å². The number of fused-ring (bicyclic) bond motifs is 1. The summed E-state index contributed by atoms with van der Waals surface area (Å²) in [5.74, 6) is -2.58. The lowest BCUT2D eigenvalue weighted by Crippen LogP contribution is -2.58. The summed E-state index contributed by atoms with van der Waals surface area (Å²) in [6.45, 7) is 9.40. The molecule has 3 fully saturated rings. The minimum atomic E-state index is -1.44. The van der Waals surface area contributed by atoms with Gasteiger partial charge in [0.1, 0.15) is 23.2 Å². The second-order valence-corrected chi connectivity index (χ2v) is 13.6. The average Bonchev–Trinajstić information content (AvgIpc) is 3.56. The van der Waals surface area contributed by atoms with E-state index in [-0.39, 0.29) is 37.8 Å². The quantitative estimate of drug-likeness (QED) is 0.321. The highest BCUT2D eigenvalue weighted by Gasteiger charge is 2.61. The molecule has 0 bridgehead atoms. The Morgan fingerprint density at radius 3 is 2.47 bits per heavy atom. The Hall–Kier alpha value is -3.92. The largest absolute Gasteiger partial charge is 0.479 e. The molecule has 3 N–H and O–H groups in total. The fourth-order valence-corrected chi connectivity index (χ4v) is 6.82. The number of alkyl carbamates (subject to hydrolysis) is 1. The van der Waals surface area contributed by atoms with Crippen LogP contribution >= 0.6 is 0 Å². The summed E-state index contributed by atoms with van der Waals surface area (Å²) < 4.78 is 11.9. The Balaban J connectivity index is 1.39. The second-order valence-electron chi connectivity index (χ2n) is 13.6. The summed E-state index contributed by atoms with van der Waals surface area (Å²) in [6, 6.07) is 12.2. The molecule has 242 valence electrons. The Morgan fingerprint density at radius 1 is 1.09 bits per heavy atom. The van der Waals surface area contributed by atoms with E-state index in [2.05, 4.69) is 17.2 Å².